The largest absolute Gasteiger partial charge is 0.378 e. The van der Waals surface area contributed by atoms with Crippen molar-refractivity contribution in [3.8, 4) is 0 Å². The van der Waals surface area contributed by atoms with Crippen LogP contribution >= 0.6 is 0 Å². The summed E-state index contributed by atoms with van der Waals surface area (Å²) in [6, 6.07) is 7.64. The second-order valence-electron chi connectivity index (χ2n) is 5.03. The maximum absolute atomic E-state index is 11.7. The quantitative estimate of drug-likeness (QED) is 0.832. The van der Waals surface area contributed by atoms with Gasteiger partial charge >= 0.3 is 6.03 Å². The van der Waals surface area contributed by atoms with Gasteiger partial charge in [-0.2, -0.15) is 0 Å². The summed E-state index contributed by atoms with van der Waals surface area (Å²) in [4.78, 5) is 13.7. The SMILES string of the molecule is C[C@@H](C[S@@](C)=O)NC(=O)NCc1cccc(N(C)C)c1. The number of nitrogens with one attached hydrogen (secondary N) is 2. The van der Waals surface area contributed by atoms with E-state index in [-0.39, 0.29) is 12.1 Å². The zero-order chi connectivity index (χ0) is 15.1. The lowest BCUT2D eigenvalue weighted by atomic mass is 10.2. The van der Waals surface area contributed by atoms with Gasteiger partial charge in [0.15, 0.2) is 0 Å². The molecule has 0 aromatic heterocycles. The van der Waals surface area contributed by atoms with Crippen LogP contribution in [-0.2, 0) is 17.3 Å². The van der Waals surface area contributed by atoms with Crippen LogP contribution in [0, 0.1) is 0 Å². The molecule has 0 saturated carbocycles. The molecule has 5 nitrogen and oxygen atoms in total. The van der Waals surface area contributed by atoms with Crippen LogP contribution in [0.3, 0.4) is 0 Å². The van der Waals surface area contributed by atoms with Crippen molar-refractivity contribution >= 4 is 22.5 Å². The van der Waals surface area contributed by atoms with Gasteiger partial charge in [0, 0.05) is 55.2 Å². The predicted molar refractivity (Wildman–Crippen MR) is 84.5 cm³/mol. The van der Waals surface area contributed by atoms with Crippen LogP contribution in [0.1, 0.15) is 12.5 Å². The van der Waals surface area contributed by atoms with Crippen LogP contribution in [0.5, 0.6) is 0 Å². The Bertz CT molecular complexity index is 477. The van der Waals surface area contributed by atoms with E-state index >= 15 is 0 Å². The zero-order valence-corrected chi connectivity index (χ0v) is 13.3. The predicted octanol–water partition coefficient (Wildman–Crippen LogP) is 1.32. The molecule has 2 atom stereocenters. The number of carbonyl (C=O) groups is 1. The molecule has 0 unspecified atom stereocenters. The lowest BCUT2D eigenvalue weighted by molar-refractivity contribution is 0.238. The summed E-state index contributed by atoms with van der Waals surface area (Å²) in [6.07, 6.45) is 1.63. The first-order valence-corrected chi connectivity index (χ1v) is 8.22. The number of hydrogen-bond acceptors (Lipinski definition) is 3. The molecular formula is C14H23N3O2S. The van der Waals surface area contributed by atoms with Gasteiger partial charge in [-0.05, 0) is 24.6 Å². The molecule has 0 fully saturated rings. The normalized spacial score (nSPS) is 13.4. The molecule has 0 radical (unpaired) electrons. The topological polar surface area (TPSA) is 61.4 Å². The Balaban J connectivity index is 2.44. The minimum absolute atomic E-state index is 0.103. The van der Waals surface area contributed by atoms with Crippen LogP contribution in [-0.4, -0.2) is 42.4 Å². The Kier molecular flexibility index (Phi) is 6.51. The minimum Gasteiger partial charge on any atom is -0.378 e. The molecule has 0 bridgehead atoms. The molecule has 2 N–H and O–H groups in total. The van der Waals surface area contributed by atoms with E-state index in [2.05, 4.69) is 10.6 Å². The van der Waals surface area contributed by atoms with E-state index in [1.165, 1.54) is 0 Å². The first-order chi connectivity index (χ1) is 9.38. The fraction of sp³-hybridized carbons (Fsp3) is 0.500. The maximum atomic E-state index is 11.7. The number of anilines is 1. The number of carbonyl (C=O) groups excluding carboxylic acids is 1. The Labute approximate surface area is 123 Å². The van der Waals surface area contributed by atoms with Gasteiger partial charge in [-0.25, -0.2) is 4.79 Å². The second-order valence-corrected chi connectivity index (χ2v) is 6.51. The molecule has 0 aliphatic rings. The van der Waals surface area contributed by atoms with Gasteiger partial charge in [0.05, 0.1) is 0 Å². The monoisotopic (exact) mass is 297 g/mol. The lowest BCUT2D eigenvalue weighted by Gasteiger charge is -2.15. The van der Waals surface area contributed by atoms with Crippen molar-refractivity contribution in [1.29, 1.82) is 0 Å². The lowest BCUT2D eigenvalue weighted by Crippen LogP contribution is -2.42. The Morgan fingerprint density at radius 2 is 2.10 bits per heavy atom. The van der Waals surface area contributed by atoms with Crippen molar-refractivity contribution in [3.63, 3.8) is 0 Å². The summed E-state index contributed by atoms with van der Waals surface area (Å²) in [7, 11) is 3.05. The van der Waals surface area contributed by atoms with Crippen molar-refractivity contribution in [2.24, 2.45) is 0 Å². The Hall–Kier alpha value is -1.56. The van der Waals surface area contributed by atoms with Gasteiger partial charge in [0.25, 0.3) is 0 Å². The van der Waals surface area contributed by atoms with Crippen LogP contribution < -0.4 is 15.5 Å². The molecular weight excluding hydrogens is 274 g/mol. The average molecular weight is 297 g/mol. The summed E-state index contributed by atoms with van der Waals surface area (Å²) in [5.74, 6) is 0.462. The average Bonchev–Trinajstić information content (AvgIpc) is 2.35. The number of nitrogens with zero attached hydrogens (tertiary/aromatic N) is 1. The molecule has 0 heterocycles. The molecule has 20 heavy (non-hydrogen) atoms. The highest BCUT2D eigenvalue weighted by molar-refractivity contribution is 7.84. The summed E-state index contributed by atoms with van der Waals surface area (Å²) in [5, 5.41) is 5.57. The highest BCUT2D eigenvalue weighted by Gasteiger charge is 2.08. The third-order valence-electron chi connectivity index (χ3n) is 2.74. The summed E-state index contributed by atoms with van der Waals surface area (Å²) < 4.78 is 11.1. The summed E-state index contributed by atoms with van der Waals surface area (Å²) >= 11 is 0. The molecule has 2 amide bonds. The first kappa shape index (κ1) is 16.5. The van der Waals surface area contributed by atoms with Crippen molar-refractivity contribution in [2.45, 2.75) is 19.5 Å². The zero-order valence-electron chi connectivity index (χ0n) is 12.5. The molecule has 1 aromatic rings. The van der Waals surface area contributed by atoms with Crippen LogP contribution in [0.25, 0.3) is 0 Å². The van der Waals surface area contributed by atoms with Crippen LogP contribution in [0.4, 0.5) is 10.5 Å². The fourth-order valence-electron chi connectivity index (χ4n) is 1.80. The van der Waals surface area contributed by atoms with E-state index in [4.69, 9.17) is 0 Å². The maximum Gasteiger partial charge on any atom is 0.315 e. The summed E-state index contributed by atoms with van der Waals surface area (Å²) in [6.45, 7) is 2.31. The van der Waals surface area contributed by atoms with E-state index in [0.29, 0.717) is 12.3 Å². The Morgan fingerprint density at radius 1 is 1.40 bits per heavy atom. The van der Waals surface area contributed by atoms with E-state index in [1.54, 1.807) is 6.26 Å². The van der Waals surface area contributed by atoms with E-state index < -0.39 is 10.8 Å². The highest BCUT2D eigenvalue weighted by atomic mass is 32.2. The minimum atomic E-state index is -0.908. The van der Waals surface area contributed by atoms with E-state index in [0.717, 1.165) is 11.3 Å². The molecule has 0 saturated heterocycles. The van der Waals surface area contributed by atoms with Crippen LogP contribution in [0.15, 0.2) is 24.3 Å². The van der Waals surface area contributed by atoms with Gasteiger partial charge < -0.3 is 15.5 Å². The molecule has 0 aliphatic carbocycles. The molecule has 0 aliphatic heterocycles. The smallest absolute Gasteiger partial charge is 0.315 e. The number of amides is 2. The van der Waals surface area contributed by atoms with E-state index in [1.807, 2.05) is 50.2 Å². The third-order valence-corrected chi connectivity index (χ3v) is 3.71. The number of hydrogen-bond donors (Lipinski definition) is 2. The molecule has 1 rings (SSSR count). The molecule has 1 aromatic carbocycles. The molecule has 0 spiro atoms. The second kappa shape index (κ2) is 7.89. The summed E-state index contributed by atoms with van der Waals surface area (Å²) in [5.41, 5.74) is 2.14. The third kappa shape index (κ3) is 6.06. The number of rotatable bonds is 6. The number of urea groups is 1. The van der Waals surface area contributed by atoms with Gasteiger partial charge in [0.2, 0.25) is 0 Å². The standard InChI is InChI=1S/C14H23N3O2S/c1-11(10-20(4)19)16-14(18)15-9-12-6-5-7-13(8-12)17(2)3/h5-8,11H,9-10H2,1-4H3,(H2,15,16,18)/t11-,20+/m0/s1. The van der Waals surface area contributed by atoms with Gasteiger partial charge in [-0.3, -0.25) is 4.21 Å². The van der Waals surface area contributed by atoms with Gasteiger partial charge in [0.1, 0.15) is 0 Å². The first-order valence-electron chi connectivity index (χ1n) is 6.49. The van der Waals surface area contributed by atoms with Gasteiger partial charge in [-0.1, -0.05) is 12.1 Å². The van der Waals surface area contributed by atoms with Crippen LogP contribution in [0.2, 0.25) is 0 Å². The van der Waals surface area contributed by atoms with Gasteiger partial charge in [-0.15, -0.1) is 0 Å². The Morgan fingerprint density at radius 3 is 2.70 bits per heavy atom. The van der Waals surface area contributed by atoms with Crippen molar-refractivity contribution in [1.82, 2.24) is 10.6 Å². The van der Waals surface area contributed by atoms with Crippen molar-refractivity contribution in [3.05, 3.63) is 29.8 Å². The fourth-order valence-corrected chi connectivity index (χ4v) is 2.58. The van der Waals surface area contributed by atoms with Crippen molar-refractivity contribution in [2.75, 3.05) is 31.0 Å². The highest BCUT2D eigenvalue weighted by Crippen LogP contribution is 2.12. The molecule has 112 valence electrons. The van der Waals surface area contributed by atoms with E-state index in [9.17, 15) is 9.00 Å². The van der Waals surface area contributed by atoms with Crippen molar-refractivity contribution < 1.29 is 9.00 Å². The number of benzene rings is 1. The molecule has 6 heteroatoms.